The number of rotatable bonds is 3. The molecule has 1 saturated carbocycles. The molecule has 0 amide bonds. The smallest absolute Gasteiger partial charge is 0.106 e. The zero-order valence-corrected chi connectivity index (χ0v) is 8.93. The van der Waals surface area contributed by atoms with Gasteiger partial charge in [-0.1, -0.05) is 35.4 Å². The predicted molar refractivity (Wildman–Crippen MR) is 53.5 cm³/mol. The van der Waals surface area contributed by atoms with E-state index in [9.17, 15) is 0 Å². The van der Waals surface area contributed by atoms with Gasteiger partial charge in [0.2, 0.25) is 0 Å². The van der Waals surface area contributed by atoms with Gasteiger partial charge in [0.05, 0.1) is 6.10 Å². The van der Waals surface area contributed by atoms with E-state index in [-0.39, 0.29) is 0 Å². The molecule has 1 aliphatic rings. The van der Waals surface area contributed by atoms with Crippen molar-refractivity contribution in [2.75, 3.05) is 0 Å². The summed E-state index contributed by atoms with van der Waals surface area (Å²) < 4.78 is 8.78. The van der Waals surface area contributed by atoms with Gasteiger partial charge in [-0.05, 0) is 19.8 Å². The summed E-state index contributed by atoms with van der Waals surface area (Å²) >= 11 is 6.24. The molecule has 1 atom stereocenters. The standard InChI is InChI=1S/C6H12INOS/c1-4(7)9-6-2-5(3-6)8-10/h4-6,8,10H,2-3H2,1H3. The van der Waals surface area contributed by atoms with Crippen LogP contribution in [0.1, 0.15) is 19.8 Å². The normalized spacial score (nSPS) is 35.1. The highest BCUT2D eigenvalue weighted by Gasteiger charge is 2.29. The van der Waals surface area contributed by atoms with E-state index in [0.717, 1.165) is 12.8 Å². The number of halogens is 1. The van der Waals surface area contributed by atoms with Crippen LogP contribution in [0.3, 0.4) is 0 Å². The molecule has 0 aromatic rings. The van der Waals surface area contributed by atoms with Crippen LogP contribution in [0.15, 0.2) is 0 Å². The second-order valence-electron chi connectivity index (χ2n) is 2.60. The zero-order valence-electron chi connectivity index (χ0n) is 5.88. The maximum absolute atomic E-state index is 5.53. The Hall–Kier alpha value is 1.000. The van der Waals surface area contributed by atoms with Crippen LogP contribution < -0.4 is 4.72 Å². The summed E-state index contributed by atoms with van der Waals surface area (Å²) in [4.78, 5) is 0. The van der Waals surface area contributed by atoms with E-state index in [1.54, 1.807) is 0 Å². The van der Waals surface area contributed by atoms with Gasteiger partial charge < -0.3 is 4.74 Å². The minimum atomic E-state index is 0.337. The monoisotopic (exact) mass is 273 g/mol. The van der Waals surface area contributed by atoms with Crippen LogP contribution in [0.25, 0.3) is 0 Å². The van der Waals surface area contributed by atoms with Crippen LogP contribution in [0.5, 0.6) is 0 Å². The van der Waals surface area contributed by atoms with E-state index >= 15 is 0 Å². The van der Waals surface area contributed by atoms with Crippen LogP contribution in [-0.4, -0.2) is 16.3 Å². The van der Waals surface area contributed by atoms with Gasteiger partial charge in [-0.2, -0.15) is 0 Å². The van der Waals surface area contributed by atoms with E-state index in [1.165, 1.54) is 0 Å². The maximum atomic E-state index is 5.53. The Morgan fingerprint density at radius 1 is 1.70 bits per heavy atom. The molecule has 0 radical (unpaired) electrons. The number of ether oxygens (including phenoxy) is 1. The average molecular weight is 273 g/mol. The van der Waals surface area contributed by atoms with Gasteiger partial charge in [0, 0.05) is 6.04 Å². The van der Waals surface area contributed by atoms with E-state index in [1.807, 2.05) is 0 Å². The van der Waals surface area contributed by atoms with Crippen molar-refractivity contribution in [3.8, 4) is 0 Å². The molecule has 60 valence electrons. The van der Waals surface area contributed by atoms with Gasteiger partial charge in [0.15, 0.2) is 0 Å². The molecule has 1 unspecified atom stereocenters. The number of hydrogen-bond donors (Lipinski definition) is 2. The SMILES string of the molecule is CC(I)OC1CC(NS)C1. The quantitative estimate of drug-likeness (QED) is 0.464. The van der Waals surface area contributed by atoms with E-state index in [2.05, 4.69) is 47.1 Å². The van der Waals surface area contributed by atoms with Crippen molar-refractivity contribution in [2.45, 2.75) is 36.0 Å². The number of hydrogen-bond acceptors (Lipinski definition) is 3. The first-order valence-electron chi connectivity index (χ1n) is 3.41. The topological polar surface area (TPSA) is 21.3 Å². The summed E-state index contributed by atoms with van der Waals surface area (Å²) in [7, 11) is 0. The van der Waals surface area contributed by atoms with Crippen LogP contribution in [0.2, 0.25) is 0 Å². The third-order valence-electron chi connectivity index (χ3n) is 1.66. The maximum Gasteiger partial charge on any atom is 0.106 e. The average Bonchev–Trinajstić information content (AvgIpc) is 1.76. The van der Waals surface area contributed by atoms with Crippen LogP contribution >= 0.6 is 35.4 Å². The highest BCUT2D eigenvalue weighted by Crippen LogP contribution is 2.25. The fourth-order valence-electron chi connectivity index (χ4n) is 1.05. The van der Waals surface area contributed by atoms with Crippen molar-refractivity contribution < 1.29 is 4.74 Å². The van der Waals surface area contributed by atoms with Crippen molar-refractivity contribution in [2.24, 2.45) is 0 Å². The second-order valence-corrected chi connectivity index (χ2v) is 4.61. The molecule has 1 aliphatic carbocycles. The van der Waals surface area contributed by atoms with Gasteiger partial charge in [0.25, 0.3) is 0 Å². The molecule has 0 saturated heterocycles. The second kappa shape index (κ2) is 4.13. The predicted octanol–water partition coefficient (Wildman–Crippen LogP) is 1.75. The molecular formula is C6H12INOS. The highest BCUT2D eigenvalue weighted by molar-refractivity contribution is 14.1. The lowest BCUT2D eigenvalue weighted by Gasteiger charge is -2.35. The lowest BCUT2D eigenvalue weighted by Crippen LogP contribution is -2.42. The van der Waals surface area contributed by atoms with Gasteiger partial charge in [-0.15, -0.1) is 0 Å². The fourth-order valence-corrected chi connectivity index (χ4v) is 1.67. The Kier molecular flexibility index (Phi) is 3.76. The van der Waals surface area contributed by atoms with Gasteiger partial charge in [-0.25, -0.2) is 0 Å². The number of alkyl halides is 1. The van der Waals surface area contributed by atoms with E-state index in [0.29, 0.717) is 16.3 Å². The first-order valence-corrected chi connectivity index (χ1v) is 5.11. The van der Waals surface area contributed by atoms with Gasteiger partial charge >= 0.3 is 0 Å². The van der Waals surface area contributed by atoms with Gasteiger partial charge in [0.1, 0.15) is 4.11 Å². The van der Waals surface area contributed by atoms with Crippen LogP contribution in [-0.2, 0) is 4.74 Å². The van der Waals surface area contributed by atoms with Gasteiger partial charge in [-0.3, -0.25) is 4.72 Å². The molecule has 1 rings (SSSR count). The number of nitrogens with one attached hydrogen (secondary N) is 1. The molecule has 4 heteroatoms. The molecule has 2 nitrogen and oxygen atoms in total. The molecule has 1 fully saturated rings. The van der Waals surface area contributed by atoms with Crippen molar-refractivity contribution in [3.05, 3.63) is 0 Å². The Bertz CT molecular complexity index is 106. The fraction of sp³-hybridized carbons (Fsp3) is 1.00. The molecule has 10 heavy (non-hydrogen) atoms. The molecule has 0 aromatic carbocycles. The Labute approximate surface area is 80.8 Å². The highest BCUT2D eigenvalue weighted by atomic mass is 127. The summed E-state index contributed by atoms with van der Waals surface area (Å²) in [5, 5.41) is 0. The van der Waals surface area contributed by atoms with Crippen molar-refractivity contribution in [1.82, 2.24) is 4.72 Å². The zero-order chi connectivity index (χ0) is 7.56. The number of thiol groups is 1. The lowest BCUT2D eigenvalue weighted by atomic mass is 9.90. The van der Waals surface area contributed by atoms with E-state index < -0.39 is 0 Å². The summed E-state index contributed by atoms with van der Waals surface area (Å²) in [6.07, 6.45) is 2.68. The Morgan fingerprint density at radius 2 is 2.30 bits per heavy atom. The minimum absolute atomic E-state index is 0.337. The summed E-state index contributed by atoms with van der Waals surface area (Å²) in [6.45, 7) is 2.06. The minimum Gasteiger partial charge on any atom is -0.365 e. The molecular weight excluding hydrogens is 261 g/mol. The van der Waals surface area contributed by atoms with E-state index in [4.69, 9.17) is 4.74 Å². The Morgan fingerprint density at radius 3 is 2.70 bits per heavy atom. The summed E-state index contributed by atoms with van der Waals surface area (Å²) in [6, 6.07) is 0.573. The molecule has 0 bridgehead atoms. The van der Waals surface area contributed by atoms with Crippen molar-refractivity contribution >= 4 is 35.4 Å². The van der Waals surface area contributed by atoms with Crippen molar-refractivity contribution in [1.29, 1.82) is 0 Å². The molecule has 1 N–H and O–H groups in total. The third-order valence-corrected chi connectivity index (χ3v) is 2.32. The molecule has 0 spiro atoms. The third kappa shape index (κ3) is 2.56. The van der Waals surface area contributed by atoms with Crippen LogP contribution in [0.4, 0.5) is 0 Å². The summed E-state index contributed by atoms with van der Waals surface area (Å²) in [5.74, 6) is 0. The molecule has 0 heterocycles. The lowest BCUT2D eigenvalue weighted by molar-refractivity contribution is -0.0122. The summed E-state index contributed by atoms with van der Waals surface area (Å²) in [5.41, 5.74) is 0. The largest absolute Gasteiger partial charge is 0.365 e. The first-order chi connectivity index (χ1) is 4.72. The van der Waals surface area contributed by atoms with Crippen molar-refractivity contribution in [3.63, 3.8) is 0 Å². The first kappa shape index (κ1) is 9.09. The van der Waals surface area contributed by atoms with Crippen LogP contribution in [0, 0.1) is 0 Å². The Balaban J connectivity index is 2.03. The molecule has 0 aromatic heterocycles. The molecule has 0 aliphatic heterocycles.